The third kappa shape index (κ3) is 2.81. The number of amides is 1. The quantitative estimate of drug-likeness (QED) is 0.865. The Kier molecular flexibility index (Phi) is 3.77. The molecule has 1 aromatic heterocycles. The molecule has 7 heteroatoms. The summed E-state index contributed by atoms with van der Waals surface area (Å²) in [5.74, 6) is 0.0755. The number of nitrogens with one attached hydrogen (secondary N) is 1. The van der Waals surface area contributed by atoms with Crippen LogP contribution in [0.25, 0.3) is 0 Å². The Balaban J connectivity index is 2.26. The molecule has 0 aliphatic carbocycles. The molecule has 1 amide bonds. The topological polar surface area (TPSA) is 114 Å². The lowest BCUT2D eigenvalue weighted by atomic mass is 10.2. The summed E-state index contributed by atoms with van der Waals surface area (Å²) in [7, 11) is 1.45. The minimum Gasteiger partial charge on any atom is -0.495 e. The van der Waals surface area contributed by atoms with Gasteiger partial charge in [-0.25, -0.2) is 4.98 Å². The maximum Gasteiger partial charge on any atom is 0.276 e. The van der Waals surface area contributed by atoms with Crippen molar-refractivity contribution in [3.8, 4) is 11.8 Å². The fourth-order valence-corrected chi connectivity index (χ4v) is 1.54. The summed E-state index contributed by atoms with van der Waals surface area (Å²) in [6, 6.07) is 6.67. The summed E-state index contributed by atoms with van der Waals surface area (Å²) in [6.45, 7) is 0. The SMILES string of the molecule is COc1cc(C#N)ccc1NC(=O)c1cncc(N)n1. The molecule has 1 aromatic carbocycles. The van der Waals surface area contributed by atoms with Gasteiger partial charge in [0.25, 0.3) is 5.91 Å². The van der Waals surface area contributed by atoms with Gasteiger partial charge in [-0.1, -0.05) is 0 Å². The molecule has 7 nitrogen and oxygen atoms in total. The first-order valence-corrected chi connectivity index (χ1v) is 5.61. The normalized spacial score (nSPS) is 9.60. The maximum atomic E-state index is 12.0. The summed E-state index contributed by atoms with van der Waals surface area (Å²) < 4.78 is 5.12. The van der Waals surface area contributed by atoms with E-state index in [9.17, 15) is 4.79 Å². The maximum absolute atomic E-state index is 12.0. The van der Waals surface area contributed by atoms with E-state index in [1.807, 2.05) is 6.07 Å². The van der Waals surface area contributed by atoms with Gasteiger partial charge in [0.05, 0.1) is 36.8 Å². The molecule has 0 fully saturated rings. The molecule has 0 spiro atoms. The van der Waals surface area contributed by atoms with Gasteiger partial charge in [-0.15, -0.1) is 0 Å². The number of carbonyl (C=O) groups is 1. The molecular weight excluding hydrogens is 258 g/mol. The number of nitrogen functional groups attached to an aromatic ring is 1. The highest BCUT2D eigenvalue weighted by molar-refractivity contribution is 6.03. The van der Waals surface area contributed by atoms with E-state index in [2.05, 4.69) is 15.3 Å². The van der Waals surface area contributed by atoms with Crippen molar-refractivity contribution >= 4 is 17.4 Å². The van der Waals surface area contributed by atoms with Crippen molar-refractivity contribution in [1.29, 1.82) is 5.26 Å². The van der Waals surface area contributed by atoms with Crippen LogP contribution in [0.15, 0.2) is 30.6 Å². The minimum absolute atomic E-state index is 0.0939. The Bertz CT molecular complexity index is 693. The van der Waals surface area contributed by atoms with E-state index < -0.39 is 5.91 Å². The summed E-state index contributed by atoms with van der Waals surface area (Å²) >= 11 is 0. The second-order valence-electron chi connectivity index (χ2n) is 3.81. The number of nitriles is 1. The van der Waals surface area contributed by atoms with Crippen LogP contribution in [0, 0.1) is 11.3 Å². The largest absolute Gasteiger partial charge is 0.495 e. The van der Waals surface area contributed by atoms with Crippen molar-refractivity contribution in [3.05, 3.63) is 41.9 Å². The smallest absolute Gasteiger partial charge is 0.276 e. The number of ether oxygens (including phenoxy) is 1. The third-order valence-corrected chi connectivity index (χ3v) is 2.46. The van der Waals surface area contributed by atoms with Gasteiger partial charge in [-0.3, -0.25) is 9.78 Å². The average Bonchev–Trinajstić information content (AvgIpc) is 2.47. The molecule has 0 bridgehead atoms. The Morgan fingerprint density at radius 1 is 1.45 bits per heavy atom. The van der Waals surface area contributed by atoms with Crippen molar-refractivity contribution in [2.75, 3.05) is 18.2 Å². The van der Waals surface area contributed by atoms with Crippen molar-refractivity contribution < 1.29 is 9.53 Å². The molecule has 100 valence electrons. The van der Waals surface area contributed by atoms with Gasteiger partial charge in [0.2, 0.25) is 0 Å². The number of rotatable bonds is 3. The van der Waals surface area contributed by atoms with E-state index in [1.54, 1.807) is 12.1 Å². The lowest BCUT2D eigenvalue weighted by Crippen LogP contribution is -2.15. The van der Waals surface area contributed by atoms with Crippen LogP contribution < -0.4 is 15.8 Å². The second-order valence-corrected chi connectivity index (χ2v) is 3.81. The molecule has 0 saturated carbocycles. The van der Waals surface area contributed by atoms with Gasteiger partial charge < -0.3 is 15.8 Å². The number of benzene rings is 1. The number of nitrogens with two attached hydrogens (primary N) is 1. The molecule has 0 saturated heterocycles. The summed E-state index contributed by atoms with van der Waals surface area (Å²) in [4.78, 5) is 19.7. The number of hydrogen-bond acceptors (Lipinski definition) is 6. The lowest BCUT2D eigenvalue weighted by molar-refractivity contribution is 0.102. The van der Waals surface area contributed by atoms with Gasteiger partial charge in [-0.2, -0.15) is 5.26 Å². The van der Waals surface area contributed by atoms with Crippen molar-refractivity contribution in [2.24, 2.45) is 0 Å². The molecule has 3 N–H and O–H groups in total. The third-order valence-electron chi connectivity index (χ3n) is 2.46. The minimum atomic E-state index is -0.465. The highest BCUT2D eigenvalue weighted by atomic mass is 16.5. The van der Waals surface area contributed by atoms with E-state index >= 15 is 0 Å². The molecular formula is C13H11N5O2. The van der Waals surface area contributed by atoms with Crippen LogP contribution in [0.2, 0.25) is 0 Å². The Morgan fingerprint density at radius 2 is 2.25 bits per heavy atom. The van der Waals surface area contributed by atoms with Crippen LogP contribution in [-0.4, -0.2) is 23.0 Å². The van der Waals surface area contributed by atoms with E-state index in [-0.39, 0.29) is 11.5 Å². The zero-order valence-electron chi connectivity index (χ0n) is 10.6. The molecule has 0 aliphatic heterocycles. The fraction of sp³-hybridized carbons (Fsp3) is 0.0769. The van der Waals surface area contributed by atoms with E-state index in [1.165, 1.54) is 25.6 Å². The first-order valence-electron chi connectivity index (χ1n) is 5.61. The van der Waals surface area contributed by atoms with E-state index in [4.69, 9.17) is 15.7 Å². The summed E-state index contributed by atoms with van der Waals surface area (Å²) in [5, 5.41) is 11.4. The zero-order valence-corrected chi connectivity index (χ0v) is 10.6. The predicted molar refractivity (Wildman–Crippen MR) is 72.1 cm³/mol. The number of methoxy groups -OCH3 is 1. The number of carbonyl (C=O) groups excluding carboxylic acids is 1. The standard InChI is InChI=1S/C13H11N5O2/c1-20-11-4-8(5-14)2-3-9(11)18-13(19)10-6-16-7-12(15)17-10/h2-4,6-7H,1H3,(H2,15,17)(H,18,19). The monoisotopic (exact) mass is 269 g/mol. The summed E-state index contributed by atoms with van der Waals surface area (Å²) in [6.07, 6.45) is 2.65. The molecule has 2 aromatic rings. The van der Waals surface area contributed by atoms with E-state index in [0.717, 1.165) is 0 Å². The number of hydrogen-bond donors (Lipinski definition) is 2. The number of anilines is 2. The van der Waals surface area contributed by atoms with Gasteiger partial charge in [0, 0.05) is 6.07 Å². The lowest BCUT2D eigenvalue weighted by Gasteiger charge is -2.10. The Hall–Kier alpha value is -3.14. The summed E-state index contributed by atoms with van der Waals surface area (Å²) in [5.41, 5.74) is 6.43. The highest BCUT2D eigenvalue weighted by Crippen LogP contribution is 2.25. The number of aromatic nitrogens is 2. The van der Waals surface area contributed by atoms with Crippen molar-refractivity contribution in [3.63, 3.8) is 0 Å². The van der Waals surface area contributed by atoms with Crippen LogP contribution in [0.4, 0.5) is 11.5 Å². The molecule has 2 rings (SSSR count). The molecule has 0 radical (unpaired) electrons. The van der Waals surface area contributed by atoms with Crippen LogP contribution in [0.1, 0.15) is 16.1 Å². The van der Waals surface area contributed by atoms with Crippen LogP contribution in [-0.2, 0) is 0 Å². The van der Waals surface area contributed by atoms with Gasteiger partial charge in [-0.05, 0) is 12.1 Å². The van der Waals surface area contributed by atoms with Gasteiger partial charge in [0.15, 0.2) is 0 Å². The Morgan fingerprint density at radius 3 is 2.90 bits per heavy atom. The Labute approximate surface area is 115 Å². The van der Waals surface area contributed by atoms with Crippen molar-refractivity contribution in [2.45, 2.75) is 0 Å². The first kappa shape index (κ1) is 13.3. The van der Waals surface area contributed by atoms with Crippen molar-refractivity contribution in [1.82, 2.24) is 9.97 Å². The van der Waals surface area contributed by atoms with Crippen LogP contribution in [0.5, 0.6) is 5.75 Å². The van der Waals surface area contributed by atoms with Crippen LogP contribution >= 0.6 is 0 Å². The predicted octanol–water partition coefficient (Wildman–Crippen LogP) is 1.19. The van der Waals surface area contributed by atoms with Gasteiger partial charge in [0.1, 0.15) is 17.3 Å². The molecule has 1 heterocycles. The average molecular weight is 269 g/mol. The first-order chi connectivity index (χ1) is 9.63. The second kappa shape index (κ2) is 5.67. The molecule has 0 aliphatic rings. The molecule has 0 unspecified atom stereocenters. The highest BCUT2D eigenvalue weighted by Gasteiger charge is 2.12. The molecule has 20 heavy (non-hydrogen) atoms. The van der Waals surface area contributed by atoms with Crippen LogP contribution in [0.3, 0.4) is 0 Å². The van der Waals surface area contributed by atoms with Gasteiger partial charge >= 0.3 is 0 Å². The number of nitrogens with zero attached hydrogens (tertiary/aromatic N) is 3. The fourth-order valence-electron chi connectivity index (χ4n) is 1.54. The zero-order chi connectivity index (χ0) is 14.5. The molecule has 0 atom stereocenters. The van der Waals surface area contributed by atoms with E-state index in [0.29, 0.717) is 17.0 Å².